The summed E-state index contributed by atoms with van der Waals surface area (Å²) in [6.07, 6.45) is 2.54. The number of esters is 1. The van der Waals surface area contributed by atoms with E-state index in [2.05, 4.69) is 33.1 Å². The Kier molecular flexibility index (Phi) is 5.86. The van der Waals surface area contributed by atoms with Crippen molar-refractivity contribution < 1.29 is 14.3 Å². The van der Waals surface area contributed by atoms with Crippen LogP contribution in [-0.2, 0) is 16.0 Å². The van der Waals surface area contributed by atoms with Gasteiger partial charge in [-0.3, -0.25) is 0 Å². The number of halogens is 1. The number of benzene rings is 3. The average molecular weight is 448 g/mol. The summed E-state index contributed by atoms with van der Waals surface area (Å²) >= 11 is 3.46. The number of aliphatic imine (C=N–C) groups is 1. The van der Waals surface area contributed by atoms with Gasteiger partial charge in [0.25, 0.3) is 0 Å². The van der Waals surface area contributed by atoms with Gasteiger partial charge in [0.05, 0.1) is 12.2 Å². The molecule has 5 heteroatoms. The molecule has 4 rings (SSSR count). The Morgan fingerprint density at radius 1 is 0.966 bits per heavy atom. The van der Waals surface area contributed by atoms with Crippen molar-refractivity contribution in [3.05, 3.63) is 106 Å². The Bertz CT molecular complexity index is 1090. The summed E-state index contributed by atoms with van der Waals surface area (Å²) in [4.78, 5) is 16.6. The van der Waals surface area contributed by atoms with Crippen molar-refractivity contribution in [1.29, 1.82) is 0 Å². The number of cyclic esters (lactones) is 1. The second kappa shape index (κ2) is 8.88. The van der Waals surface area contributed by atoms with Gasteiger partial charge in [-0.1, -0.05) is 54.6 Å². The van der Waals surface area contributed by atoms with Gasteiger partial charge in [0.1, 0.15) is 5.75 Å². The number of nitrogens with zero attached hydrogens (tertiary/aromatic N) is 1. The molecule has 1 heterocycles. The molecule has 1 aliphatic rings. The van der Waals surface area contributed by atoms with Crippen LogP contribution in [0.15, 0.2) is 94.0 Å². The Hall–Kier alpha value is -3.18. The lowest BCUT2D eigenvalue weighted by Gasteiger charge is -2.07. The highest BCUT2D eigenvalue weighted by molar-refractivity contribution is 9.10. The largest absolute Gasteiger partial charge is 0.493 e. The maximum absolute atomic E-state index is 12.2. The maximum Gasteiger partial charge on any atom is 0.363 e. The van der Waals surface area contributed by atoms with Gasteiger partial charge in [-0.25, -0.2) is 9.79 Å². The molecule has 4 nitrogen and oxygen atoms in total. The minimum absolute atomic E-state index is 0.261. The standard InChI is InChI=1S/C24H18BrNO3/c25-21-12-5-4-11-20(21)23-26-22(24(27)29-23)16-18-9-6-10-19(15-18)28-14-13-17-7-2-1-3-8-17/h1-12,15-16H,13-14H2/b22-16-. The first-order valence-corrected chi connectivity index (χ1v) is 10.0. The molecule has 1 aliphatic heterocycles. The van der Waals surface area contributed by atoms with E-state index >= 15 is 0 Å². The van der Waals surface area contributed by atoms with Crippen molar-refractivity contribution in [3.8, 4) is 5.75 Å². The van der Waals surface area contributed by atoms with Crippen LogP contribution in [0.2, 0.25) is 0 Å². The van der Waals surface area contributed by atoms with E-state index in [0.717, 1.165) is 27.8 Å². The molecule has 0 aliphatic carbocycles. The number of carbonyl (C=O) groups is 1. The Balaban J connectivity index is 1.47. The zero-order valence-electron chi connectivity index (χ0n) is 15.5. The fraction of sp³-hybridized carbons (Fsp3) is 0.0833. The van der Waals surface area contributed by atoms with E-state index in [0.29, 0.717) is 12.5 Å². The summed E-state index contributed by atoms with van der Waals surface area (Å²) in [5.41, 5.74) is 3.05. The van der Waals surface area contributed by atoms with E-state index < -0.39 is 5.97 Å². The van der Waals surface area contributed by atoms with Gasteiger partial charge in [-0.2, -0.15) is 0 Å². The van der Waals surface area contributed by atoms with Crippen molar-refractivity contribution in [2.45, 2.75) is 6.42 Å². The molecule has 0 fully saturated rings. The van der Waals surface area contributed by atoms with Crippen LogP contribution in [0.25, 0.3) is 6.08 Å². The fourth-order valence-electron chi connectivity index (χ4n) is 2.94. The predicted octanol–water partition coefficient (Wildman–Crippen LogP) is 5.42. The highest BCUT2D eigenvalue weighted by Crippen LogP contribution is 2.24. The molecule has 0 amide bonds. The minimum Gasteiger partial charge on any atom is -0.493 e. The lowest BCUT2D eigenvalue weighted by atomic mass is 10.1. The summed E-state index contributed by atoms with van der Waals surface area (Å²) in [5, 5.41) is 0. The quantitative estimate of drug-likeness (QED) is 0.374. The van der Waals surface area contributed by atoms with Gasteiger partial charge < -0.3 is 9.47 Å². The lowest BCUT2D eigenvalue weighted by Crippen LogP contribution is -2.05. The molecule has 29 heavy (non-hydrogen) atoms. The smallest absolute Gasteiger partial charge is 0.363 e. The molecule has 0 saturated heterocycles. The summed E-state index contributed by atoms with van der Waals surface area (Å²) in [5.74, 6) is 0.576. The molecular formula is C24H18BrNO3. The van der Waals surface area contributed by atoms with Crippen molar-refractivity contribution >= 4 is 33.9 Å². The van der Waals surface area contributed by atoms with E-state index in [1.54, 1.807) is 6.08 Å². The number of hydrogen-bond donors (Lipinski definition) is 0. The molecule has 0 radical (unpaired) electrons. The molecule has 144 valence electrons. The summed E-state index contributed by atoms with van der Waals surface area (Å²) < 4.78 is 12.0. The normalized spacial score (nSPS) is 14.6. The van der Waals surface area contributed by atoms with E-state index in [1.165, 1.54) is 5.56 Å². The topological polar surface area (TPSA) is 47.9 Å². The van der Waals surface area contributed by atoms with E-state index in [4.69, 9.17) is 9.47 Å². The van der Waals surface area contributed by atoms with E-state index in [-0.39, 0.29) is 5.70 Å². The zero-order valence-corrected chi connectivity index (χ0v) is 17.1. The molecule has 0 spiro atoms. The Morgan fingerprint density at radius 2 is 1.76 bits per heavy atom. The van der Waals surface area contributed by atoms with E-state index in [1.807, 2.05) is 66.7 Å². The molecule has 0 N–H and O–H groups in total. The van der Waals surface area contributed by atoms with Crippen LogP contribution >= 0.6 is 15.9 Å². The maximum atomic E-state index is 12.2. The molecule has 3 aromatic rings. The first-order chi connectivity index (χ1) is 14.2. The third kappa shape index (κ3) is 4.81. The van der Waals surface area contributed by atoms with Crippen molar-refractivity contribution in [2.75, 3.05) is 6.61 Å². The van der Waals surface area contributed by atoms with Crippen LogP contribution in [-0.4, -0.2) is 18.5 Å². The van der Waals surface area contributed by atoms with Crippen LogP contribution < -0.4 is 4.74 Å². The number of hydrogen-bond acceptors (Lipinski definition) is 4. The Morgan fingerprint density at radius 3 is 2.59 bits per heavy atom. The summed E-state index contributed by atoms with van der Waals surface area (Å²) in [6, 6.07) is 25.3. The number of rotatable bonds is 6. The van der Waals surface area contributed by atoms with Crippen LogP contribution in [0.3, 0.4) is 0 Å². The lowest BCUT2D eigenvalue weighted by molar-refractivity contribution is -0.129. The molecule has 0 unspecified atom stereocenters. The second-order valence-corrected chi connectivity index (χ2v) is 7.33. The third-order valence-electron chi connectivity index (χ3n) is 4.39. The molecule has 0 bridgehead atoms. The van der Waals surface area contributed by atoms with Gasteiger partial charge in [0.2, 0.25) is 5.90 Å². The van der Waals surface area contributed by atoms with Gasteiger partial charge >= 0.3 is 5.97 Å². The van der Waals surface area contributed by atoms with Gasteiger partial charge in [0, 0.05) is 10.9 Å². The molecule has 0 saturated carbocycles. The van der Waals surface area contributed by atoms with Gasteiger partial charge in [-0.05, 0) is 57.4 Å². The SMILES string of the molecule is O=C1OC(c2ccccc2Br)=N/C1=C\c1cccc(OCCc2ccccc2)c1. The Labute approximate surface area is 177 Å². The van der Waals surface area contributed by atoms with Gasteiger partial charge in [-0.15, -0.1) is 0 Å². The fourth-order valence-corrected chi connectivity index (χ4v) is 3.40. The minimum atomic E-state index is -0.467. The molecular weight excluding hydrogens is 430 g/mol. The van der Waals surface area contributed by atoms with Crippen LogP contribution in [0, 0.1) is 0 Å². The first kappa shape index (κ1) is 19.2. The van der Waals surface area contributed by atoms with Crippen LogP contribution in [0.5, 0.6) is 5.75 Å². The highest BCUT2D eigenvalue weighted by Gasteiger charge is 2.25. The van der Waals surface area contributed by atoms with Gasteiger partial charge in [0.15, 0.2) is 5.70 Å². The zero-order chi connectivity index (χ0) is 20.1. The van der Waals surface area contributed by atoms with Crippen LogP contribution in [0.4, 0.5) is 0 Å². The molecule has 0 aromatic heterocycles. The first-order valence-electron chi connectivity index (χ1n) is 9.23. The van der Waals surface area contributed by atoms with Crippen LogP contribution in [0.1, 0.15) is 16.7 Å². The monoisotopic (exact) mass is 447 g/mol. The molecule has 0 atom stereocenters. The summed E-state index contributed by atoms with van der Waals surface area (Å²) in [6.45, 7) is 0.580. The van der Waals surface area contributed by atoms with Crippen molar-refractivity contribution in [3.63, 3.8) is 0 Å². The molecule has 3 aromatic carbocycles. The third-order valence-corrected chi connectivity index (χ3v) is 5.08. The number of carbonyl (C=O) groups excluding carboxylic acids is 1. The number of ether oxygens (including phenoxy) is 2. The second-order valence-electron chi connectivity index (χ2n) is 6.47. The average Bonchev–Trinajstić information content (AvgIpc) is 3.09. The predicted molar refractivity (Wildman–Crippen MR) is 117 cm³/mol. The van der Waals surface area contributed by atoms with Crippen molar-refractivity contribution in [2.24, 2.45) is 4.99 Å². The van der Waals surface area contributed by atoms with Crippen molar-refractivity contribution in [1.82, 2.24) is 0 Å². The summed E-state index contributed by atoms with van der Waals surface area (Å²) in [7, 11) is 0. The highest BCUT2D eigenvalue weighted by atomic mass is 79.9. The van der Waals surface area contributed by atoms with E-state index in [9.17, 15) is 4.79 Å².